The molecule has 0 saturated carbocycles. The van der Waals surface area contributed by atoms with Crippen LogP contribution >= 0.6 is 0 Å². The first kappa shape index (κ1) is 13.2. The van der Waals surface area contributed by atoms with Crippen LogP contribution in [0.5, 0.6) is 0 Å². The molecule has 0 saturated heterocycles. The molecule has 0 heteroatoms. The number of benzene rings is 6. The second-order valence-electron chi connectivity index (χ2n) is 6.99. The molecule has 6 aromatic rings. The maximum Gasteiger partial charge on any atom is -0.00140 e. The summed E-state index contributed by atoms with van der Waals surface area (Å²) in [5.41, 5.74) is 1.37. The van der Waals surface area contributed by atoms with Gasteiger partial charge in [-0.1, -0.05) is 72.8 Å². The van der Waals surface area contributed by atoms with E-state index in [2.05, 4.69) is 73.3 Å². The van der Waals surface area contributed by atoms with E-state index in [1.807, 2.05) is 6.08 Å². The summed E-state index contributed by atoms with van der Waals surface area (Å²) in [7, 11) is 0. The number of allylic oxidation sites excluding steroid dienone is 1. The summed E-state index contributed by atoms with van der Waals surface area (Å²) in [4.78, 5) is 0. The fraction of sp³-hybridized carbons (Fsp3) is 0.0400. The molecule has 0 aliphatic heterocycles. The predicted octanol–water partition coefficient (Wildman–Crippen LogP) is 7.06. The van der Waals surface area contributed by atoms with Gasteiger partial charge in [0.05, 0.1) is 0 Å². The summed E-state index contributed by atoms with van der Waals surface area (Å²) < 4.78 is 0. The zero-order valence-corrected chi connectivity index (χ0v) is 13.8. The number of rotatable bonds is 2. The molecule has 0 aliphatic rings. The topological polar surface area (TPSA) is 0 Å². The SMILES string of the molecule is C=CCc1ccc2ccc3ccc4ccc5cccc6c1c2c3c4c56. The molecule has 6 aromatic carbocycles. The van der Waals surface area contributed by atoms with Crippen molar-refractivity contribution in [3.63, 3.8) is 0 Å². The van der Waals surface area contributed by atoms with Gasteiger partial charge in [-0.3, -0.25) is 0 Å². The summed E-state index contributed by atoms with van der Waals surface area (Å²) in [6, 6.07) is 24.8. The average molecular weight is 316 g/mol. The Morgan fingerprint density at radius 1 is 0.560 bits per heavy atom. The Morgan fingerprint density at radius 3 is 1.72 bits per heavy atom. The molecule has 0 amide bonds. The van der Waals surface area contributed by atoms with Crippen LogP contribution in [-0.2, 0) is 6.42 Å². The Hall–Kier alpha value is -3.12. The lowest BCUT2D eigenvalue weighted by molar-refractivity contribution is 1.32. The standard InChI is InChI=1S/C25H16/c1-2-4-15-7-9-17-11-13-19-14-12-18-10-8-16-5-3-6-20-21(15)23(17)25(19)24(18)22(16)20/h2-3,5-14H,1,4H2. The molecular formula is C25H16. The first-order valence-corrected chi connectivity index (χ1v) is 8.81. The van der Waals surface area contributed by atoms with Gasteiger partial charge in [-0.05, 0) is 65.8 Å². The second-order valence-corrected chi connectivity index (χ2v) is 6.99. The fourth-order valence-corrected chi connectivity index (χ4v) is 4.71. The monoisotopic (exact) mass is 316 g/mol. The lowest BCUT2D eigenvalue weighted by Crippen LogP contribution is -1.93. The third kappa shape index (κ3) is 1.52. The molecule has 0 bridgehead atoms. The summed E-state index contributed by atoms with van der Waals surface area (Å²) >= 11 is 0. The van der Waals surface area contributed by atoms with E-state index in [4.69, 9.17) is 0 Å². The van der Waals surface area contributed by atoms with Crippen molar-refractivity contribution in [2.75, 3.05) is 0 Å². The van der Waals surface area contributed by atoms with Gasteiger partial charge in [-0.15, -0.1) is 6.58 Å². The van der Waals surface area contributed by atoms with Crippen LogP contribution in [0.4, 0.5) is 0 Å². The van der Waals surface area contributed by atoms with Crippen LogP contribution in [0.2, 0.25) is 0 Å². The van der Waals surface area contributed by atoms with Crippen molar-refractivity contribution in [3.8, 4) is 0 Å². The molecule has 0 spiro atoms. The van der Waals surface area contributed by atoms with Crippen LogP contribution in [-0.4, -0.2) is 0 Å². The Morgan fingerprint density at radius 2 is 1.08 bits per heavy atom. The highest BCUT2D eigenvalue weighted by Crippen LogP contribution is 2.45. The van der Waals surface area contributed by atoms with E-state index in [0.717, 1.165) is 6.42 Å². The molecule has 0 N–H and O–H groups in total. The minimum absolute atomic E-state index is 0.899. The average Bonchev–Trinajstić information content (AvgIpc) is 2.66. The Kier molecular flexibility index (Phi) is 2.37. The summed E-state index contributed by atoms with van der Waals surface area (Å²) in [6.07, 6.45) is 2.91. The molecule has 116 valence electrons. The maximum absolute atomic E-state index is 3.98. The quantitative estimate of drug-likeness (QED) is 0.182. The second kappa shape index (κ2) is 4.49. The van der Waals surface area contributed by atoms with Gasteiger partial charge in [0.25, 0.3) is 0 Å². The maximum atomic E-state index is 3.98. The van der Waals surface area contributed by atoms with Gasteiger partial charge >= 0.3 is 0 Å². The molecule has 0 heterocycles. The number of hydrogen-bond acceptors (Lipinski definition) is 0. The molecule has 0 atom stereocenters. The van der Waals surface area contributed by atoms with Gasteiger partial charge in [0, 0.05) is 0 Å². The molecule has 6 rings (SSSR count). The molecule has 25 heavy (non-hydrogen) atoms. The van der Waals surface area contributed by atoms with Crippen LogP contribution < -0.4 is 0 Å². The third-order valence-corrected chi connectivity index (χ3v) is 5.71. The smallest absolute Gasteiger partial charge is 0.00140 e. The number of hydrogen-bond donors (Lipinski definition) is 0. The van der Waals surface area contributed by atoms with E-state index in [-0.39, 0.29) is 0 Å². The first-order chi connectivity index (χ1) is 12.4. The Bertz CT molecular complexity index is 1410. The van der Waals surface area contributed by atoms with E-state index < -0.39 is 0 Å². The molecule has 0 aromatic heterocycles. The molecule has 0 fully saturated rings. The van der Waals surface area contributed by atoms with Gasteiger partial charge in [-0.2, -0.15) is 0 Å². The largest absolute Gasteiger partial charge is 0.103 e. The minimum atomic E-state index is 0.899. The van der Waals surface area contributed by atoms with Crippen molar-refractivity contribution in [2.24, 2.45) is 0 Å². The van der Waals surface area contributed by atoms with Crippen molar-refractivity contribution in [1.82, 2.24) is 0 Å². The van der Waals surface area contributed by atoms with Crippen LogP contribution in [0.15, 0.2) is 79.4 Å². The van der Waals surface area contributed by atoms with E-state index in [9.17, 15) is 0 Å². The highest BCUT2D eigenvalue weighted by Gasteiger charge is 2.18. The third-order valence-electron chi connectivity index (χ3n) is 5.71. The van der Waals surface area contributed by atoms with Crippen LogP contribution in [0.3, 0.4) is 0 Å². The van der Waals surface area contributed by atoms with Gasteiger partial charge in [0.15, 0.2) is 0 Å². The summed E-state index contributed by atoms with van der Waals surface area (Å²) in [5.74, 6) is 0. The first-order valence-electron chi connectivity index (χ1n) is 8.81. The lowest BCUT2D eigenvalue weighted by Gasteiger charge is -2.19. The van der Waals surface area contributed by atoms with Gasteiger partial charge < -0.3 is 0 Å². The Balaban J connectivity index is 2.11. The molecule has 0 unspecified atom stereocenters. The fourth-order valence-electron chi connectivity index (χ4n) is 4.71. The van der Waals surface area contributed by atoms with E-state index >= 15 is 0 Å². The van der Waals surface area contributed by atoms with Crippen molar-refractivity contribution < 1.29 is 0 Å². The molecule has 0 radical (unpaired) electrons. The van der Waals surface area contributed by atoms with Crippen molar-refractivity contribution >= 4 is 53.9 Å². The van der Waals surface area contributed by atoms with Crippen molar-refractivity contribution in [2.45, 2.75) is 6.42 Å². The lowest BCUT2D eigenvalue weighted by atomic mass is 9.84. The predicted molar refractivity (Wildman–Crippen MR) is 110 cm³/mol. The van der Waals surface area contributed by atoms with Gasteiger partial charge in [0.2, 0.25) is 0 Å². The van der Waals surface area contributed by atoms with Crippen molar-refractivity contribution in [1.29, 1.82) is 0 Å². The summed E-state index contributed by atoms with van der Waals surface area (Å²) in [6.45, 7) is 3.98. The minimum Gasteiger partial charge on any atom is -0.103 e. The van der Waals surface area contributed by atoms with Crippen LogP contribution in [0.1, 0.15) is 5.56 Å². The van der Waals surface area contributed by atoms with E-state index in [1.165, 1.54) is 59.4 Å². The van der Waals surface area contributed by atoms with Crippen molar-refractivity contribution in [3.05, 3.63) is 84.9 Å². The normalized spacial score (nSPS) is 12.3. The zero-order valence-electron chi connectivity index (χ0n) is 13.8. The van der Waals surface area contributed by atoms with E-state index in [0.29, 0.717) is 0 Å². The summed E-state index contributed by atoms with van der Waals surface area (Å²) in [5, 5.41) is 13.7. The van der Waals surface area contributed by atoms with Crippen LogP contribution in [0, 0.1) is 0 Å². The molecule has 0 nitrogen and oxygen atoms in total. The van der Waals surface area contributed by atoms with Crippen LogP contribution in [0.25, 0.3) is 53.9 Å². The number of fused-ring (bicyclic) bond motifs is 1. The van der Waals surface area contributed by atoms with Gasteiger partial charge in [-0.25, -0.2) is 0 Å². The zero-order chi connectivity index (χ0) is 16.5. The highest BCUT2D eigenvalue weighted by molar-refractivity contribution is 6.40. The molecular weight excluding hydrogens is 300 g/mol. The van der Waals surface area contributed by atoms with E-state index in [1.54, 1.807) is 0 Å². The Labute approximate surface area is 145 Å². The van der Waals surface area contributed by atoms with Gasteiger partial charge in [0.1, 0.15) is 0 Å². The highest BCUT2D eigenvalue weighted by atomic mass is 14.2. The molecule has 0 aliphatic carbocycles.